The number of alkyl halides is 3. The number of benzene rings is 2. The normalized spacial score (nSPS) is 18.1. The van der Waals surface area contributed by atoms with E-state index < -0.39 is 67.6 Å². The highest BCUT2D eigenvalue weighted by atomic mass is 32.2. The van der Waals surface area contributed by atoms with Crippen molar-refractivity contribution in [3.8, 4) is 11.5 Å². The lowest BCUT2D eigenvalue weighted by Crippen LogP contribution is -2.56. The van der Waals surface area contributed by atoms with Crippen molar-refractivity contribution in [2.75, 3.05) is 36.8 Å². The molecule has 2 aliphatic rings. The average molecular weight is 794 g/mol. The van der Waals surface area contributed by atoms with Gasteiger partial charge in [-0.15, -0.1) is 24.9 Å². The number of hydrogen-bond acceptors (Lipinski definition) is 12. The van der Waals surface area contributed by atoms with E-state index >= 15 is 0 Å². The number of ether oxygens (including phenoxy) is 3. The van der Waals surface area contributed by atoms with Crippen molar-refractivity contribution in [3.05, 3.63) is 78.5 Å². The molecule has 2 amide bonds. The molecule has 3 heterocycles. The summed E-state index contributed by atoms with van der Waals surface area (Å²) in [6.07, 6.45) is -4.23. The molecule has 0 saturated carbocycles. The van der Waals surface area contributed by atoms with Crippen molar-refractivity contribution in [1.29, 1.82) is 0 Å². The number of aromatic nitrogens is 1. The molecule has 0 radical (unpaired) electrons. The zero-order chi connectivity index (χ0) is 39.5. The maximum Gasteiger partial charge on any atom is 0.573 e. The zero-order valence-electron chi connectivity index (χ0n) is 30.3. The van der Waals surface area contributed by atoms with Gasteiger partial charge in [0.25, 0.3) is 15.9 Å². The number of carbonyl (C=O) groups is 3. The maximum atomic E-state index is 14.3. The van der Waals surface area contributed by atoms with E-state index in [0.29, 0.717) is 41.8 Å². The van der Waals surface area contributed by atoms with E-state index in [0.717, 1.165) is 41.8 Å². The lowest BCUT2D eigenvalue weighted by molar-refractivity contribution is -0.274. The molecule has 0 unspecified atom stereocenters. The molecule has 13 nitrogen and oxygen atoms in total. The molecule has 0 aliphatic carbocycles. The van der Waals surface area contributed by atoms with Gasteiger partial charge in [-0.2, -0.15) is 0 Å². The molecule has 18 heteroatoms. The summed E-state index contributed by atoms with van der Waals surface area (Å²) in [5.41, 5.74) is -1.25. The smallest absolute Gasteiger partial charge is 0.458 e. The molecule has 54 heavy (non-hydrogen) atoms. The summed E-state index contributed by atoms with van der Waals surface area (Å²) in [5, 5.41) is 2.01. The molecular formula is C36H42F3N5O8S2. The second kappa shape index (κ2) is 16.0. The predicted molar refractivity (Wildman–Crippen MR) is 194 cm³/mol. The van der Waals surface area contributed by atoms with Crippen LogP contribution in [0.2, 0.25) is 0 Å². The van der Waals surface area contributed by atoms with Gasteiger partial charge in [0.05, 0.1) is 4.90 Å². The van der Waals surface area contributed by atoms with Crippen molar-refractivity contribution in [2.45, 2.75) is 74.9 Å². The Labute approximate surface area is 316 Å². The van der Waals surface area contributed by atoms with Gasteiger partial charge in [-0.1, -0.05) is 18.2 Å². The molecule has 1 N–H and O–H groups in total. The first-order chi connectivity index (χ1) is 25.2. The van der Waals surface area contributed by atoms with Gasteiger partial charge in [0.1, 0.15) is 34.3 Å². The summed E-state index contributed by atoms with van der Waals surface area (Å²) in [4.78, 5) is 48.6. The first kappa shape index (κ1) is 40.6. The molecule has 0 bridgehead atoms. The van der Waals surface area contributed by atoms with Gasteiger partial charge in [0, 0.05) is 50.1 Å². The van der Waals surface area contributed by atoms with Crippen LogP contribution in [0.1, 0.15) is 40.2 Å². The average Bonchev–Trinajstić information content (AvgIpc) is 3.47. The van der Waals surface area contributed by atoms with E-state index in [2.05, 4.69) is 19.9 Å². The van der Waals surface area contributed by atoms with Crippen LogP contribution in [0.4, 0.5) is 23.8 Å². The predicted octanol–water partition coefficient (Wildman–Crippen LogP) is 5.21. The molecule has 2 aromatic carbocycles. The summed E-state index contributed by atoms with van der Waals surface area (Å²) in [5.74, 6) is -1.22. The third kappa shape index (κ3) is 10.6. The quantitative estimate of drug-likeness (QED) is 0.269. The first-order valence-electron chi connectivity index (χ1n) is 17.0. The van der Waals surface area contributed by atoms with Crippen LogP contribution in [0.25, 0.3) is 0 Å². The fourth-order valence-corrected chi connectivity index (χ4v) is 8.65. The number of halogens is 3. The number of nitrogens with one attached hydrogen (secondary N) is 1. The molecule has 2 fully saturated rings. The standard InChI is InChI=1S/C36H42F3N5O8S2/c1-34(2,3)52-32(46)28(22-24-9-11-25(12-10-24)50-33(47)43-20-18-42(19-21-43)29-8-6-7-17-40-29)44(31(45)30-41-35(4,5)23-53-30)54(48,49)27-15-13-26(14-16-27)51-36(37,38)39/h6-17,28,30,41H,18-23H2,1-5H3/t28-,30-/m0/s1. The number of sulfonamides is 1. The van der Waals surface area contributed by atoms with Gasteiger partial charge in [-0.05, 0) is 88.7 Å². The van der Waals surface area contributed by atoms with E-state index in [4.69, 9.17) is 9.47 Å². The highest BCUT2D eigenvalue weighted by molar-refractivity contribution is 8.01. The number of rotatable bonds is 10. The third-order valence-electron chi connectivity index (χ3n) is 8.22. The van der Waals surface area contributed by atoms with E-state index in [1.807, 2.05) is 32.0 Å². The Hall–Kier alpha value is -4.55. The molecule has 3 aromatic rings. The Kier molecular flexibility index (Phi) is 12.1. The number of piperazine rings is 1. The van der Waals surface area contributed by atoms with Crippen molar-refractivity contribution < 1.29 is 50.2 Å². The van der Waals surface area contributed by atoms with Gasteiger partial charge in [-0.3, -0.25) is 10.1 Å². The van der Waals surface area contributed by atoms with Crippen LogP contribution < -0.4 is 19.7 Å². The Morgan fingerprint density at radius 3 is 2.13 bits per heavy atom. The highest BCUT2D eigenvalue weighted by Gasteiger charge is 2.47. The van der Waals surface area contributed by atoms with Crippen LogP contribution in [-0.2, 0) is 30.8 Å². The van der Waals surface area contributed by atoms with E-state index in [9.17, 15) is 36.0 Å². The van der Waals surface area contributed by atoms with Crippen LogP contribution >= 0.6 is 11.8 Å². The number of pyridine rings is 1. The molecule has 292 valence electrons. The Bertz CT molecular complexity index is 1900. The number of amides is 2. The number of esters is 1. The minimum atomic E-state index is -5.02. The topological polar surface area (TPSA) is 148 Å². The Morgan fingerprint density at radius 1 is 0.963 bits per heavy atom. The summed E-state index contributed by atoms with van der Waals surface area (Å²) >= 11 is 1.15. The molecule has 5 rings (SSSR count). The number of nitrogens with zero attached hydrogens (tertiary/aromatic N) is 4. The number of carbonyl (C=O) groups excluding carboxylic acids is 3. The van der Waals surface area contributed by atoms with Gasteiger partial charge < -0.3 is 24.0 Å². The van der Waals surface area contributed by atoms with Crippen LogP contribution in [0, 0.1) is 0 Å². The minimum Gasteiger partial charge on any atom is -0.458 e. The molecule has 2 saturated heterocycles. The summed E-state index contributed by atoms with van der Waals surface area (Å²) in [6.45, 7) is 10.3. The van der Waals surface area contributed by atoms with Crippen LogP contribution in [0.15, 0.2) is 77.8 Å². The van der Waals surface area contributed by atoms with Crippen molar-refractivity contribution in [2.24, 2.45) is 0 Å². The van der Waals surface area contributed by atoms with Crippen molar-refractivity contribution in [3.63, 3.8) is 0 Å². The zero-order valence-corrected chi connectivity index (χ0v) is 32.0. The second-order valence-corrected chi connectivity index (χ2v) is 17.2. The van der Waals surface area contributed by atoms with Gasteiger partial charge in [-0.25, -0.2) is 27.3 Å². The molecule has 1 aromatic heterocycles. The fraction of sp³-hybridized carbons (Fsp3) is 0.444. The van der Waals surface area contributed by atoms with Crippen molar-refractivity contribution >= 4 is 45.6 Å². The minimum absolute atomic E-state index is 0.195. The Balaban J connectivity index is 1.40. The number of anilines is 1. The SMILES string of the molecule is CC1(C)CS[C@@H](C(=O)N([C@@H](Cc2ccc(OC(=O)N3CCN(c4ccccn4)CC3)cc2)C(=O)OC(C)(C)C)S(=O)(=O)c2ccc(OC(F)(F)F)cc2)N1. The van der Waals surface area contributed by atoms with Crippen molar-refractivity contribution in [1.82, 2.24) is 19.5 Å². The van der Waals surface area contributed by atoms with Crippen LogP contribution in [0.5, 0.6) is 11.5 Å². The summed E-state index contributed by atoms with van der Waals surface area (Å²) in [7, 11) is -4.90. The molecular weight excluding hydrogens is 752 g/mol. The summed E-state index contributed by atoms with van der Waals surface area (Å²) < 4.78 is 82.8. The molecule has 2 aliphatic heterocycles. The lowest BCUT2D eigenvalue weighted by Gasteiger charge is -2.34. The third-order valence-corrected chi connectivity index (χ3v) is 11.6. The summed E-state index contributed by atoms with van der Waals surface area (Å²) in [6, 6.07) is 13.2. The molecule has 2 atom stereocenters. The molecule has 0 spiro atoms. The van der Waals surface area contributed by atoms with Gasteiger partial charge in [0.15, 0.2) is 0 Å². The second-order valence-electron chi connectivity index (χ2n) is 14.3. The van der Waals surface area contributed by atoms with Crippen LogP contribution in [0.3, 0.4) is 0 Å². The lowest BCUT2D eigenvalue weighted by atomic mass is 10.0. The van der Waals surface area contributed by atoms with Gasteiger partial charge in [0.2, 0.25) is 0 Å². The fourth-order valence-electron chi connectivity index (χ4n) is 5.72. The van der Waals surface area contributed by atoms with E-state index in [1.165, 1.54) is 24.3 Å². The number of hydrogen-bond donors (Lipinski definition) is 1. The monoisotopic (exact) mass is 793 g/mol. The van der Waals surface area contributed by atoms with E-state index in [1.54, 1.807) is 31.9 Å². The highest BCUT2D eigenvalue weighted by Crippen LogP contribution is 2.33. The Morgan fingerprint density at radius 2 is 1.59 bits per heavy atom. The van der Waals surface area contributed by atoms with E-state index in [-0.39, 0.29) is 12.2 Å². The first-order valence-corrected chi connectivity index (χ1v) is 19.5. The number of thioether (sulfide) groups is 1. The maximum absolute atomic E-state index is 14.3. The largest absolute Gasteiger partial charge is 0.573 e. The van der Waals surface area contributed by atoms with Gasteiger partial charge >= 0.3 is 18.4 Å². The van der Waals surface area contributed by atoms with Crippen LogP contribution in [-0.4, -0.2) is 101 Å².